The van der Waals surface area contributed by atoms with E-state index in [9.17, 15) is 4.79 Å². The van der Waals surface area contributed by atoms with E-state index in [1.165, 1.54) is 70.6 Å². The van der Waals surface area contributed by atoms with Gasteiger partial charge in [0.05, 0.1) is 13.0 Å². The Morgan fingerprint density at radius 3 is 2.00 bits per heavy atom. The Labute approximate surface area is 241 Å². The van der Waals surface area contributed by atoms with Gasteiger partial charge >= 0.3 is 0 Å². The molecule has 202 valence electrons. The van der Waals surface area contributed by atoms with Crippen LogP contribution in [0.4, 0.5) is 0 Å². The molecular formula is C30H46ClIN2O2. The Kier molecular flexibility index (Phi) is 18.8. The number of unbranched alkanes of at least 4 members (excludes halogenated alkanes) is 11. The Hall–Kier alpha value is -1.34. The third-order valence-corrected chi connectivity index (χ3v) is 6.81. The summed E-state index contributed by atoms with van der Waals surface area (Å²) in [7, 11) is 0. The molecule has 36 heavy (non-hydrogen) atoms. The molecule has 1 heterocycles. The van der Waals surface area contributed by atoms with Crippen molar-refractivity contribution in [2.24, 2.45) is 0 Å². The van der Waals surface area contributed by atoms with E-state index in [0.29, 0.717) is 18.2 Å². The fraction of sp³-hybridized carbons (Fsp3) is 0.600. The maximum atomic E-state index is 12.3. The zero-order valence-corrected chi connectivity index (χ0v) is 25.3. The molecule has 1 aromatic carbocycles. The summed E-state index contributed by atoms with van der Waals surface area (Å²) in [4.78, 5) is 12.3. The van der Waals surface area contributed by atoms with E-state index in [2.05, 4.69) is 23.7 Å². The highest BCUT2D eigenvalue weighted by atomic mass is 127. The minimum atomic E-state index is -0.0377. The Morgan fingerprint density at radius 2 is 1.44 bits per heavy atom. The molecule has 0 aliphatic carbocycles. The Bertz CT molecular complexity index is 845. The lowest BCUT2D eigenvalue weighted by atomic mass is 10.1. The summed E-state index contributed by atoms with van der Waals surface area (Å²) < 4.78 is 7.97. The van der Waals surface area contributed by atoms with Crippen molar-refractivity contribution in [3.05, 3.63) is 58.9 Å². The fourth-order valence-electron chi connectivity index (χ4n) is 4.15. The van der Waals surface area contributed by atoms with E-state index < -0.39 is 0 Å². The minimum Gasteiger partial charge on any atom is -1.00 e. The minimum absolute atomic E-state index is 0. The normalized spacial score (nSPS) is 10.6. The van der Waals surface area contributed by atoms with Crippen molar-refractivity contribution in [3.8, 4) is 5.75 Å². The maximum Gasteiger partial charge on any atom is 0.224 e. The highest BCUT2D eigenvalue weighted by Crippen LogP contribution is 2.23. The molecule has 0 spiro atoms. The molecule has 6 heteroatoms. The summed E-state index contributed by atoms with van der Waals surface area (Å²) in [6.07, 6.45) is 20.3. The van der Waals surface area contributed by atoms with Crippen LogP contribution < -0.4 is 38.6 Å². The summed E-state index contributed by atoms with van der Waals surface area (Å²) in [6, 6.07) is 9.69. The number of carbonyl (C=O) groups excluding carboxylic acids is 1. The Morgan fingerprint density at radius 1 is 0.861 bits per heavy atom. The quantitative estimate of drug-likeness (QED) is 0.141. The van der Waals surface area contributed by atoms with Gasteiger partial charge in [0.2, 0.25) is 5.91 Å². The summed E-state index contributed by atoms with van der Waals surface area (Å²) in [6.45, 7) is 6.53. The molecule has 0 fully saturated rings. The largest absolute Gasteiger partial charge is 1.00 e. The van der Waals surface area contributed by atoms with Gasteiger partial charge in [0.25, 0.3) is 0 Å². The SMILES string of the molecule is CCCCCCCCCCCCCCOc1ccc(CC(=O)NCc2cc[n+](CC)cc2)c(Cl)c1.[I-]. The van der Waals surface area contributed by atoms with Crippen molar-refractivity contribution >= 4 is 17.5 Å². The van der Waals surface area contributed by atoms with Crippen LogP contribution >= 0.6 is 11.6 Å². The number of carbonyl (C=O) groups is 1. The second-order valence-electron chi connectivity index (χ2n) is 9.48. The smallest absolute Gasteiger partial charge is 0.224 e. The zero-order valence-electron chi connectivity index (χ0n) is 22.4. The van der Waals surface area contributed by atoms with E-state index in [-0.39, 0.29) is 36.3 Å². The van der Waals surface area contributed by atoms with Gasteiger partial charge in [0.15, 0.2) is 12.4 Å². The van der Waals surface area contributed by atoms with Gasteiger partial charge in [0.1, 0.15) is 12.3 Å². The van der Waals surface area contributed by atoms with Gasteiger partial charge in [-0.25, -0.2) is 4.57 Å². The van der Waals surface area contributed by atoms with Crippen LogP contribution in [-0.4, -0.2) is 12.5 Å². The molecule has 1 N–H and O–H groups in total. The number of aryl methyl sites for hydroxylation is 1. The second-order valence-corrected chi connectivity index (χ2v) is 9.89. The highest BCUT2D eigenvalue weighted by molar-refractivity contribution is 6.31. The van der Waals surface area contributed by atoms with Crippen molar-refractivity contribution in [3.63, 3.8) is 0 Å². The monoisotopic (exact) mass is 628 g/mol. The number of nitrogens with zero attached hydrogens (tertiary/aromatic N) is 1. The van der Waals surface area contributed by atoms with Crippen LogP contribution in [0, 0.1) is 0 Å². The van der Waals surface area contributed by atoms with Gasteiger partial charge in [-0.1, -0.05) is 95.2 Å². The molecule has 0 aliphatic rings. The number of halogens is 2. The molecule has 0 saturated carbocycles. The van der Waals surface area contributed by atoms with E-state index in [0.717, 1.165) is 29.8 Å². The van der Waals surface area contributed by atoms with Crippen LogP contribution in [0.5, 0.6) is 5.75 Å². The first-order valence-corrected chi connectivity index (χ1v) is 14.2. The summed E-state index contributed by atoms with van der Waals surface area (Å²) >= 11 is 6.42. The summed E-state index contributed by atoms with van der Waals surface area (Å²) in [5.74, 6) is 0.736. The molecule has 2 aromatic rings. The van der Waals surface area contributed by atoms with Crippen LogP contribution in [0.25, 0.3) is 0 Å². The van der Waals surface area contributed by atoms with E-state index in [4.69, 9.17) is 16.3 Å². The summed E-state index contributed by atoms with van der Waals surface area (Å²) in [5.41, 5.74) is 1.90. The molecule has 4 nitrogen and oxygen atoms in total. The molecule has 0 unspecified atom stereocenters. The lowest BCUT2D eigenvalue weighted by Gasteiger charge is -2.10. The first-order valence-electron chi connectivity index (χ1n) is 13.8. The van der Waals surface area contributed by atoms with Crippen LogP contribution in [0.2, 0.25) is 5.02 Å². The molecule has 0 saturated heterocycles. The van der Waals surface area contributed by atoms with Crippen molar-refractivity contribution in [2.45, 2.75) is 110 Å². The predicted molar refractivity (Wildman–Crippen MR) is 146 cm³/mol. The maximum absolute atomic E-state index is 12.3. The average Bonchev–Trinajstić information content (AvgIpc) is 2.87. The molecule has 0 atom stereocenters. The number of benzene rings is 1. The third-order valence-electron chi connectivity index (χ3n) is 6.46. The number of nitrogens with one attached hydrogen (secondary N) is 1. The number of hydrogen-bond acceptors (Lipinski definition) is 2. The van der Waals surface area contributed by atoms with Gasteiger partial charge in [0, 0.05) is 23.7 Å². The number of hydrogen-bond donors (Lipinski definition) is 1. The van der Waals surface area contributed by atoms with Crippen molar-refractivity contribution in [1.82, 2.24) is 5.32 Å². The van der Waals surface area contributed by atoms with Gasteiger partial charge in [-0.2, -0.15) is 0 Å². The van der Waals surface area contributed by atoms with Gasteiger partial charge < -0.3 is 34.0 Å². The number of ether oxygens (including phenoxy) is 1. The van der Waals surface area contributed by atoms with Crippen molar-refractivity contribution in [1.29, 1.82) is 0 Å². The molecule has 0 radical (unpaired) electrons. The van der Waals surface area contributed by atoms with E-state index >= 15 is 0 Å². The first-order chi connectivity index (χ1) is 17.1. The number of pyridine rings is 1. The number of amides is 1. The lowest BCUT2D eigenvalue weighted by Crippen LogP contribution is -3.00. The first kappa shape index (κ1) is 32.7. The van der Waals surface area contributed by atoms with Crippen molar-refractivity contribution in [2.75, 3.05) is 6.61 Å². The van der Waals surface area contributed by atoms with Crippen LogP contribution in [0.1, 0.15) is 102 Å². The second kappa shape index (κ2) is 20.7. The Balaban J connectivity index is 0.00000648. The number of rotatable bonds is 19. The fourth-order valence-corrected chi connectivity index (χ4v) is 4.38. The molecule has 0 aliphatic heterocycles. The summed E-state index contributed by atoms with van der Waals surface area (Å²) in [5, 5.41) is 3.55. The number of aromatic nitrogens is 1. The highest BCUT2D eigenvalue weighted by Gasteiger charge is 2.09. The standard InChI is InChI=1S/C30H45ClN2O2.HI/c1-3-5-6-7-8-9-10-11-12-13-14-15-22-35-28-17-16-27(29(31)24-28)23-30(34)32-25-26-18-20-33(4-2)21-19-26;/h16-21,24H,3-15,22-23,25H2,1-2H3;1H. The molecule has 1 aromatic heterocycles. The molecule has 2 rings (SSSR count). The molecular weight excluding hydrogens is 583 g/mol. The van der Waals surface area contributed by atoms with Gasteiger partial charge in [-0.3, -0.25) is 4.79 Å². The van der Waals surface area contributed by atoms with E-state index in [1.54, 1.807) is 0 Å². The lowest BCUT2D eigenvalue weighted by molar-refractivity contribution is -0.693. The van der Waals surface area contributed by atoms with Crippen molar-refractivity contribution < 1.29 is 38.1 Å². The molecule has 1 amide bonds. The third kappa shape index (κ3) is 14.4. The van der Waals surface area contributed by atoms with Crippen LogP contribution in [0.3, 0.4) is 0 Å². The van der Waals surface area contributed by atoms with Crippen LogP contribution in [-0.2, 0) is 24.3 Å². The molecule has 0 bridgehead atoms. The predicted octanol–water partition coefficient (Wildman–Crippen LogP) is 4.59. The van der Waals surface area contributed by atoms with Gasteiger partial charge in [-0.05, 0) is 36.6 Å². The van der Waals surface area contributed by atoms with Gasteiger partial charge in [-0.15, -0.1) is 0 Å². The topological polar surface area (TPSA) is 42.2 Å². The van der Waals surface area contributed by atoms with E-state index in [1.807, 2.05) is 42.7 Å². The zero-order chi connectivity index (χ0) is 25.1. The van der Waals surface area contributed by atoms with Crippen LogP contribution in [0.15, 0.2) is 42.7 Å². The average molecular weight is 629 g/mol.